The number of pyridine rings is 2. The Morgan fingerprint density at radius 1 is 1.03 bits per heavy atom. The van der Waals surface area contributed by atoms with Crippen molar-refractivity contribution in [2.45, 2.75) is 11.2 Å². The van der Waals surface area contributed by atoms with Crippen LogP contribution in [0.2, 0.25) is 0 Å². The molecule has 4 nitrogen and oxygen atoms in total. The van der Waals surface area contributed by atoms with Crippen molar-refractivity contribution < 1.29 is 18.0 Å². The number of thioether (sulfide) groups is 1. The summed E-state index contributed by atoms with van der Waals surface area (Å²) in [4.78, 5) is 20.0. The Labute approximate surface area is 169 Å². The Balaban J connectivity index is 1.56. The molecule has 146 valence electrons. The van der Waals surface area contributed by atoms with Crippen molar-refractivity contribution in [3.8, 4) is 11.8 Å². The van der Waals surface area contributed by atoms with Gasteiger partial charge in [0.1, 0.15) is 5.69 Å². The number of amides is 1. The Morgan fingerprint density at radius 2 is 1.90 bits per heavy atom. The number of rotatable bonds is 4. The molecule has 0 aliphatic carbocycles. The lowest BCUT2D eigenvalue weighted by Gasteiger charge is -2.07. The van der Waals surface area contributed by atoms with E-state index >= 15 is 0 Å². The lowest BCUT2D eigenvalue weighted by atomic mass is 10.2. The molecule has 0 aliphatic rings. The smallest absolute Gasteiger partial charge is 0.325 e. The molecule has 8 heteroatoms. The fourth-order valence-corrected chi connectivity index (χ4v) is 2.86. The number of hydrogen-bond donors (Lipinski definition) is 1. The molecule has 1 aromatic carbocycles. The van der Waals surface area contributed by atoms with Crippen molar-refractivity contribution in [2.75, 3.05) is 11.1 Å². The van der Waals surface area contributed by atoms with E-state index in [1.54, 1.807) is 36.5 Å². The van der Waals surface area contributed by atoms with Crippen LogP contribution in [0.3, 0.4) is 0 Å². The topological polar surface area (TPSA) is 54.9 Å². The van der Waals surface area contributed by atoms with E-state index in [1.165, 1.54) is 6.07 Å². The zero-order chi connectivity index (χ0) is 20.7. The second-order valence-corrected chi connectivity index (χ2v) is 6.76. The molecule has 2 heterocycles. The normalized spacial score (nSPS) is 10.7. The molecule has 0 aliphatic heterocycles. The number of anilines is 1. The monoisotopic (exact) mass is 413 g/mol. The van der Waals surface area contributed by atoms with Gasteiger partial charge in [0.25, 0.3) is 0 Å². The number of halogens is 3. The van der Waals surface area contributed by atoms with E-state index in [9.17, 15) is 18.0 Å². The summed E-state index contributed by atoms with van der Waals surface area (Å²) >= 11 is 1.05. The summed E-state index contributed by atoms with van der Waals surface area (Å²) in [5.41, 5.74) is 1.10. The highest BCUT2D eigenvalue weighted by atomic mass is 32.2. The molecular formula is C21H14F3N3OS. The molecule has 0 fully saturated rings. The quantitative estimate of drug-likeness (QED) is 0.501. The van der Waals surface area contributed by atoms with Gasteiger partial charge in [-0.25, -0.2) is 9.97 Å². The van der Waals surface area contributed by atoms with Gasteiger partial charge >= 0.3 is 6.18 Å². The van der Waals surface area contributed by atoms with Crippen molar-refractivity contribution in [1.29, 1.82) is 0 Å². The van der Waals surface area contributed by atoms with Crippen molar-refractivity contribution in [2.24, 2.45) is 0 Å². The largest absolute Gasteiger partial charge is 0.417 e. The number of alkyl halides is 3. The number of nitrogens with one attached hydrogen (secondary N) is 1. The van der Waals surface area contributed by atoms with Gasteiger partial charge in [-0.3, -0.25) is 4.79 Å². The fraction of sp³-hybridized carbons (Fsp3) is 0.0952. The van der Waals surface area contributed by atoms with E-state index in [1.807, 2.05) is 12.1 Å². The summed E-state index contributed by atoms with van der Waals surface area (Å²) in [7, 11) is 0. The minimum absolute atomic E-state index is 0.0161. The van der Waals surface area contributed by atoms with Crippen LogP contribution in [0.4, 0.5) is 18.9 Å². The number of carbonyl (C=O) groups is 1. The van der Waals surface area contributed by atoms with Crippen LogP contribution in [0, 0.1) is 11.8 Å². The maximum Gasteiger partial charge on any atom is 0.417 e. The molecule has 0 spiro atoms. The molecule has 0 saturated heterocycles. The summed E-state index contributed by atoms with van der Waals surface area (Å²) in [5, 5.41) is 3.07. The minimum atomic E-state index is -4.43. The Morgan fingerprint density at radius 3 is 2.59 bits per heavy atom. The average molecular weight is 413 g/mol. The highest BCUT2D eigenvalue weighted by Gasteiger charge is 2.30. The van der Waals surface area contributed by atoms with E-state index < -0.39 is 11.7 Å². The van der Waals surface area contributed by atoms with Gasteiger partial charge in [0.05, 0.1) is 16.3 Å². The van der Waals surface area contributed by atoms with Crippen LogP contribution in [-0.4, -0.2) is 21.6 Å². The number of carbonyl (C=O) groups excluding carboxylic acids is 1. The standard InChI is InChI=1S/C21H14F3N3OS/c22-21(23,24)16-8-10-20(26-13-16)29-14-19(28)27-18-6-3-4-15(12-18)7-9-17-5-1-2-11-25-17/h1-6,8,10-13H,14H2,(H,27,28). The predicted molar refractivity (Wildman–Crippen MR) is 105 cm³/mol. The van der Waals surface area contributed by atoms with Crippen LogP contribution < -0.4 is 5.32 Å². The molecule has 0 unspecified atom stereocenters. The molecule has 1 amide bonds. The van der Waals surface area contributed by atoms with Crippen molar-refractivity contribution in [3.05, 3.63) is 83.8 Å². The third kappa shape index (κ3) is 6.36. The minimum Gasteiger partial charge on any atom is -0.325 e. The summed E-state index contributed by atoms with van der Waals surface area (Å²) < 4.78 is 37.6. The third-order valence-electron chi connectivity index (χ3n) is 3.56. The van der Waals surface area contributed by atoms with Crippen LogP contribution in [0.15, 0.2) is 72.0 Å². The number of aromatic nitrogens is 2. The number of nitrogens with zero attached hydrogens (tertiary/aromatic N) is 2. The summed E-state index contributed by atoms with van der Waals surface area (Å²) in [5.74, 6) is 5.63. The maximum atomic E-state index is 12.5. The molecular weight excluding hydrogens is 399 g/mol. The second kappa shape index (κ2) is 9.26. The fourth-order valence-electron chi connectivity index (χ4n) is 2.22. The van der Waals surface area contributed by atoms with Gasteiger partial charge < -0.3 is 5.32 Å². The van der Waals surface area contributed by atoms with Crippen molar-refractivity contribution in [1.82, 2.24) is 9.97 Å². The molecule has 3 rings (SSSR count). The van der Waals surface area contributed by atoms with Crippen LogP contribution in [0.5, 0.6) is 0 Å². The van der Waals surface area contributed by atoms with Crippen LogP contribution >= 0.6 is 11.8 Å². The van der Waals surface area contributed by atoms with Crippen molar-refractivity contribution in [3.63, 3.8) is 0 Å². The molecule has 1 N–H and O–H groups in total. The van der Waals surface area contributed by atoms with E-state index in [0.717, 1.165) is 24.0 Å². The van der Waals surface area contributed by atoms with Gasteiger partial charge in [-0.1, -0.05) is 29.8 Å². The zero-order valence-electron chi connectivity index (χ0n) is 14.9. The highest BCUT2D eigenvalue weighted by Crippen LogP contribution is 2.29. The number of benzene rings is 1. The summed E-state index contributed by atoms with van der Waals surface area (Å²) in [6.07, 6.45) is -2.02. The molecule has 29 heavy (non-hydrogen) atoms. The van der Waals surface area contributed by atoms with E-state index in [2.05, 4.69) is 27.1 Å². The Bertz CT molecular complexity index is 1040. The molecule has 3 aromatic rings. The molecule has 0 radical (unpaired) electrons. The first kappa shape index (κ1) is 20.4. The van der Waals surface area contributed by atoms with Crippen molar-refractivity contribution >= 4 is 23.4 Å². The van der Waals surface area contributed by atoms with E-state index in [0.29, 0.717) is 22.0 Å². The van der Waals surface area contributed by atoms with Gasteiger partial charge in [-0.05, 0) is 48.4 Å². The average Bonchev–Trinajstić information content (AvgIpc) is 2.71. The predicted octanol–water partition coefficient (Wildman–Crippen LogP) is 4.63. The SMILES string of the molecule is O=C(CSc1ccc(C(F)(F)F)cn1)Nc1cccc(C#Cc2ccccn2)c1. The van der Waals surface area contributed by atoms with E-state index in [-0.39, 0.29) is 11.7 Å². The van der Waals surface area contributed by atoms with Crippen LogP contribution in [-0.2, 0) is 11.0 Å². The summed E-state index contributed by atoms with van der Waals surface area (Å²) in [6, 6.07) is 14.7. The summed E-state index contributed by atoms with van der Waals surface area (Å²) in [6.45, 7) is 0. The Hall–Kier alpha value is -3.31. The first-order valence-electron chi connectivity index (χ1n) is 8.39. The number of hydrogen-bond acceptors (Lipinski definition) is 4. The van der Waals surface area contributed by atoms with Gasteiger partial charge in [0.2, 0.25) is 5.91 Å². The lowest BCUT2D eigenvalue weighted by Crippen LogP contribution is -2.14. The first-order valence-corrected chi connectivity index (χ1v) is 9.38. The van der Waals surface area contributed by atoms with Crippen LogP contribution in [0.25, 0.3) is 0 Å². The van der Waals surface area contributed by atoms with Gasteiger partial charge in [0.15, 0.2) is 0 Å². The Kier molecular flexibility index (Phi) is 6.52. The van der Waals surface area contributed by atoms with Gasteiger partial charge in [-0.15, -0.1) is 0 Å². The maximum absolute atomic E-state index is 12.5. The second-order valence-electron chi connectivity index (χ2n) is 5.77. The zero-order valence-corrected chi connectivity index (χ0v) is 15.7. The van der Waals surface area contributed by atoms with Crippen LogP contribution in [0.1, 0.15) is 16.8 Å². The van der Waals surface area contributed by atoms with E-state index in [4.69, 9.17) is 0 Å². The molecule has 0 saturated carbocycles. The third-order valence-corrected chi connectivity index (χ3v) is 4.50. The van der Waals surface area contributed by atoms with Gasteiger partial charge in [0, 0.05) is 23.6 Å². The molecule has 2 aromatic heterocycles. The first-order chi connectivity index (χ1) is 13.9. The lowest BCUT2D eigenvalue weighted by molar-refractivity contribution is -0.137. The molecule has 0 atom stereocenters. The van der Waals surface area contributed by atoms with Gasteiger partial charge in [-0.2, -0.15) is 13.2 Å². The highest BCUT2D eigenvalue weighted by molar-refractivity contribution is 7.99. The molecule has 0 bridgehead atoms.